The third-order valence-corrected chi connectivity index (χ3v) is 9.94. The monoisotopic (exact) mass is 522 g/mol. The number of rotatable bonds is 10. The Morgan fingerprint density at radius 1 is 1.29 bits per heavy atom. The molecule has 0 bridgehead atoms. The minimum absolute atomic E-state index is 0.154. The summed E-state index contributed by atoms with van der Waals surface area (Å²) in [5.74, 6) is -0.927. The normalized spacial score (nSPS) is 23.9. The van der Waals surface area contributed by atoms with Gasteiger partial charge in [0.25, 0.3) is 0 Å². The quantitative estimate of drug-likeness (QED) is 0.367. The van der Waals surface area contributed by atoms with E-state index in [4.69, 9.17) is 11.5 Å². The average molecular weight is 523 g/mol. The molecule has 194 valence electrons. The van der Waals surface area contributed by atoms with Gasteiger partial charge in [-0.25, -0.2) is 4.79 Å². The van der Waals surface area contributed by atoms with E-state index in [1.807, 2.05) is 45.0 Å². The number of aliphatic carboxylic acids is 1. The van der Waals surface area contributed by atoms with E-state index >= 15 is 0 Å². The zero-order valence-corrected chi connectivity index (χ0v) is 22.4. The first kappa shape index (κ1) is 27.8. The maximum atomic E-state index is 13.8. The summed E-state index contributed by atoms with van der Waals surface area (Å²) >= 11 is 3.46. The van der Waals surface area contributed by atoms with Crippen LogP contribution in [0.2, 0.25) is 0 Å². The number of amides is 2. The van der Waals surface area contributed by atoms with Crippen molar-refractivity contribution in [2.24, 2.45) is 11.5 Å². The van der Waals surface area contributed by atoms with Crippen LogP contribution in [0.15, 0.2) is 24.3 Å². The van der Waals surface area contributed by atoms with E-state index in [2.05, 4.69) is 5.32 Å². The highest BCUT2D eigenvalue weighted by atomic mass is 32.2. The number of carboxylic acid groups (broad SMARTS) is 1. The highest BCUT2D eigenvalue weighted by Crippen LogP contribution is 2.43. The second kappa shape index (κ2) is 12.0. The van der Waals surface area contributed by atoms with Crippen molar-refractivity contribution < 1.29 is 19.5 Å². The van der Waals surface area contributed by atoms with Crippen molar-refractivity contribution in [2.45, 2.75) is 92.9 Å². The number of hydrogen-bond acceptors (Lipinski definition) is 7. The first-order chi connectivity index (χ1) is 16.5. The van der Waals surface area contributed by atoms with Gasteiger partial charge in [0, 0.05) is 29.5 Å². The van der Waals surface area contributed by atoms with E-state index in [9.17, 15) is 19.5 Å². The summed E-state index contributed by atoms with van der Waals surface area (Å²) in [6.45, 7) is 6.15. The highest BCUT2D eigenvalue weighted by Gasteiger charge is 2.43. The Balaban J connectivity index is 1.81. The maximum Gasteiger partial charge on any atom is 0.326 e. The van der Waals surface area contributed by atoms with Gasteiger partial charge in [-0.2, -0.15) is 0 Å². The second-order valence-corrected chi connectivity index (χ2v) is 13.3. The zero-order chi connectivity index (χ0) is 25.8. The molecule has 2 aliphatic rings. The van der Waals surface area contributed by atoms with Gasteiger partial charge in [-0.1, -0.05) is 44.0 Å². The Morgan fingerprint density at radius 3 is 2.57 bits per heavy atom. The Hall–Kier alpha value is -1.75. The summed E-state index contributed by atoms with van der Waals surface area (Å²) in [5.41, 5.74) is 14.6. The lowest BCUT2D eigenvalue weighted by Gasteiger charge is -2.41. The molecule has 0 aromatic heterocycles. The number of benzene rings is 1. The summed E-state index contributed by atoms with van der Waals surface area (Å²) < 4.78 is -0.295. The van der Waals surface area contributed by atoms with Crippen LogP contribution in [0.5, 0.6) is 0 Å². The van der Waals surface area contributed by atoms with E-state index < -0.39 is 34.7 Å². The largest absolute Gasteiger partial charge is 0.480 e. The van der Waals surface area contributed by atoms with E-state index in [-0.39, 0.29) is 23.1 Å². The van der Waals surface area contributed by atoms with Gasteiger partial charge in [-0.05, 0) is 37.8 Å². The number of fused-ring (bicyclic) bond motifs is 1. The Morgan fingerprint density at radius 2 is 1.97 bits per heavy atom. The molecule has 5 atom stereocenters. The number of nitrogens with two attached hydrogens (primary N) is 2. The number of hydrogen-bond donors (Lipinski definition) is 4. The van der Waals surface area contributed by atoms with Crippen molar-refractivity contribution >= 4 is 41.3 Å². The summed E-state index contributed by atoms with van der Waals surface area (Å²) in [6, 6.07) is 5.23. The van der Waals surface area contributed by atoms with Gasteiger partial charge in [0.05, 0.1) is 10.6 Å². The van der Waals surface area contributed by atoms with Gasteiger partial charge in [0.2, 0.25) is 11.8 Å². The molecule has 0 aliphatic carbocycles. The topological polar surface area (TPSA) is 139 Å². The smallest absolute Gasteiger partial charge is 0.326 e. The first-order valence-electron chi connectivity index (χ1n) is 12.2. The summed E-state index contributed by atoms with van der Waals surface area (Å²) in [7, 11) is 0. The fourth-order valence-electron chi connectivity index (χ4n) is 4.51. The van der Waals surface area contributed by atoms with E-state index in [1.165, 1.54) is 4.90 Å². The molecule has 10 heteroatoms. The zero-order valence-electron chi connectivity index (χ0n) is 20.7. The molecule has 2 heterocycles. The molecule has 0 saturated carbocycles. The Bertz CT molecular complexity index is 928. The van der Waals surface area contributed by atoms with E-state index in [0.29, 0.717) is 19.3 Å². The molecule has 0 spiro atoms. The van der Waals surface area contributed by atoms with Crippen LogP contribution in [0.1, 0.15) is 57.6 Å². The SMILES string of the molecule is CCCC[C@H](NC(=O)[C@@H]1Cc2ccccc2CN1C(=O)[C@@H](N)C(C)(C)SC1CC(N)CS1)C(=O)O. The van der Waals surface area contributed by atoms with Crippen molar-refractivity contribution in [2.75, 3.05) is 5.75 Å². The van der Waals surface area contributed by atoms with Gasteiger partial charge in [-0.15, -0.1) is 23.5 Å². The molecule has 2 amide bonds. The van der Waals surface area contributed by atoms with Gasteiger partial charge < -0.3 is 26.8 Å². The van der Waals surface area contributed by atoms with Crippen molar-refractivity contribution in [1.29, 1.82) is 0 Å². The third kappa shape index (κ3) is 6.93. The third-order valence-electron chi connectivity index (χ3n) is 6.74. The average Bonchev–Trinajstić information content (AvgIpc) is 3.23. The maximum absolute atomic E-state index is 13.8. The lowest BCUT2D eigenvalue weighted by Crippen LogP contribution is -2.61. The van der Waals surface area contributed by atoms with Crippen LogP contribution in [0.25, 0.3) is 0 Å². The molecule has 6 N–H and O–H groups in total. The van der Waals surface area contributed by atoms with Crippen LogP contribution >= 0.6 is 23.5 Å². The fourth-order valence-corrected chi connectivity index (χ4v) is 8.01. The molecule has 3 rings (SSSR count). The van der Waals surface area contributed by atoms with Crippen LogP contribution in [-0.2, 0) is 27.3 Å². The second-order valence-electron chi connectivity index (χ2n) is 9.95. The molecular weight excluding hydrogens is 484 g/mol. The van der Waals surface area contributed by atoms with Crippen LogP contribution in [0.3, 0.4) is 0 Å². The number of nitrogens with one attached hydrogen (secondary N) is 1. The van der Waals surface area contributed by atoms with Crippen molar-refractivity contribution in [3.8, 4) is 0 Å². The Kier molecular flexibility index (Phi) is 9.53. The number of carboxylic acids is 1. The minimum Gasteiger partial charge on any atom is -0.480 e. The number of nitrogens with zero attached hydrogens (tertiary/aromatic N) is 1. The van der Waals surface area contributed by atoms with Gasteiger partial charge >= 0.3 is 5.97 Å². The van der Waals surface area contributed by atoms with Gasteiger partial charge in [0.15, 0.2) is 0 Å². The van der Waals surface area contributed by atoms with Crippen LogP contribution in [0, 0.1) is 0 Å². The van der Waals surface area contributed by atoms with Crippen LogP contribution < -0.4 is 16.8 Å². The molecule has 1 aromatic carbocycles. The predicted octanol–water partition coefficient (Wildman–Crippen LogP) is 2.33. The Labute approximate surface area is 216 Å². The molecule has 2 aliphatic heterocycles. The lowest BCUT2D eigenvalue weighted by molar-refractivity contribution is -0.146. The number of unbranched alkanes of at least 4 members (excludes halogenated alkanes) is 1. The standard InChI is InChI=1S/C25H38N4O4S2/c1-4-5-10-18(24(32)33)28-22(30)19-11-15-8-6-7-9-16(15)13-29(19)23(31)21(27)25(2,3)35-20-12-17(26)14-34-20/h6-9,17-21H,4-5,10-14,26-27H2,1-3H3,(H,28,30)(H,32,33)/t17?,18-,19-,20?,21+/m0/s1. The highest BCUT2D eigenvalue weighted by molar-refractivity contribution is 8.17. The van der Waals surface area contributed by atoms with E-state index in [0.717, 1.165) is 29.7 Å². The van der Waals surface area contributed by atoms with Crippen molar-refractivity contribution in [3.05, 3.63) is 35.4 Å². The van der Waals surface area contributed by atoms with Crippen LogP contribution in [0.4, 0.5) is 0 Å². The molecule has 0 radical (unpaired) electrons. The molecule has 1 aromatic rings. The molecule has 8 nitrogen and oxygen atoms in total. The lowest BCUT2D eigenvalue weighted by atomic mass is 9.91. The molecular formula is C25H38N4O4S2. The predicted molar refractivity (Wildman–Crippen MR) is 142 cm³/mol. The van der Waals surface area contributed by atoms with E-state index in [1.54, 1.807) is 23.5 Å². The molecule has 35 heavy (non-hydrogen) atoms. The summed E-state index contributed by atoms with van der Waals surface area (Å²) in [4.78, 5) is 40.4. The number of thioether (sulfide) groups is 2. The molecule has 2 unspecified atom stereocenters. The molecule has 1 fully saturated rings. The van der Waals surface area contributed by atoms with Crippen molar-refractivity contribution in [1.82, 2.24) is 10.2 Å². The summed E-state index contributed by atoms with van der Waals surface area (Å²) in [6.07, 6.45) is 3.05. The van der Waals surface area contributed by atoms with Crippen molar-refractivity contribution in [3.63, 3.8) is 0 Å². The first-order valence-corrected chi connectivity index (χ1v) is 14.2. The van der Waals surface area contributed by atoms with Gasteiger partial charge in [0.1, 0.15) is 12.1 Å². The fraction of sp³-hybridized carbons (Fsp3) is 0.640. The number of carbonyl (C=O) groups is 3. The molecule has 1 saturated heterocycles. The van der Waals surface area contributed by atoms with Gasteiger partial charge in [-0.3, -0.25) is 9.59 Å². The minimum atomic E-state index is -1.07. The number of carbonyl (C=O) groups excluding carboxylic acids is 2. The summed E-state index contributed by atoms with van der Waals surface area (Å²) in [5, 5.41) is 12.3. The van der Waals surface area contributed by atoms with Crippen LogP contribution in [-0.4, -0.2) is 67.0 Å².